The lowest BCUT2D eigenvalue weighted by Crippen LogP contribution is -2.43. The fourth-order valence-electron chi connectivity index (χ4n) is 2.59. The van der Waals surface area contributed by atoms with Gasteiger partial charge < -0.3 is 16.8 Å². The van der Waals surface area contributed by atoms with E-state index < -0.39 is 11.3 Å². The van der Waals surface area contributed by atoms with E-state index in [2.05, 4.69) is 5.32 Å². The third-order valence-electron chi connectivity index (χ3n) is 3.84. The van der Waals surface area contributed by atoms with Crippen molar-refractivity contribution >= 4 is 28.2 Å². The van der Waals surface area contributed by atoms with Crippen LogP contribution in [0.4, 0.5) is 5.00 Å². The molecule has 1 aliphatic carbocycles. The highest BCUT2D eigenvalue weighted by Crippen LogP contribution is 2.37. The summed E-state index contributed by atoms with van der Waals surface area (Å²) in [7, 11) is 0. The summed E-state index contributed by atoms with van der Waals surface area (Å²) in [5, 5.41) is 5.10. The van der Waals surface area contributed by atoms with Gasteiger partial charge in [-0.05, 0) is 24.3 Å². The van der Waals surface area contributed by atoms with Crippen LogP contribution in [0.5, 0.6) is 0 Å². The van der Waals surface area contributed by atoms with E-state index >= 15 is 0 Å². The number of hydrogen-bond donors (Lipinski definition) is 3. The van der Waals surface area contributed by atoms with Gasteiger partial charge in [0, 0.05) is 6.54 Å². The summed E-state index contributed by atoms with van der Waals surface area (Å²) in [5.41, 5.74) is 11.0. The Morgan fingerprint density at radius 1 is 1.32 bits per heavy atom. The van der Waals surface area contributed by atoms with Crippen molar-refractivity contribution in [3.05, 3.63) is 17.0 Å². The summed E-state index contributed by atoms with van der Waals surface area (Å²) >= 11 is 1.31. The number of anilines is 1. The molecule has 2 rings (SSSR count). The number of nitrogens with one attached hydrogen (secondary N) is 1. The number of carbonyl (C=O) groups is 2. The summed E-state index contributed by atoms with van der Waals surface area (Å²) in [6.07, 6.45) is 4.83. The fraction of sp³-hybridized carbons (Fsp3) is 0.538. The Balaban J connectivity index is 2.15. The van der Waals surface area contributed by atoms with Crippen molar-refractivity contribution in [2.75, 3.05) is 11.9 Å². The molecule has 1 aromatic rings. The van der Waals surface area contributed by atoms with Crippen LogP contribution in [-0.2, 0) is 4.79 Å². The quantitative estimate of drug-likeness (QED) is 0.783. The first-order chi connectivity index (χ1) is 9.09. The lowest BCUT2D eigenvalue weighted by atomic mass is 9.73. The minimum Gasteiger partial charge on any atom is -0.366 e. The Morgan fingerprint density at radius 3 is 2.58 bits per heavy atom. The van der Waals surface area contributed by atoms with Gasteiger partial charge in [0.25, 0.3) is 5.91 Å². The summed E-state index contributed by atoms with van der Waals surface area (Å²) in [6.45, 7) is 0.343. The maximum absolute atomic E-state index is 12.5. The van der Waals surface area contributed by atoms with Gasteiger partial charge in [0.05, 0.1) is 11.0 Å². The van der Waals surface area contributed by atoms with Gasteiger partial charge in [0.15, 0.2) is 0 Å². The molecule has 0 bridgehead atoms. The number of thiophene rings is 1. The van der Waals surface area contributed by atoms with Crippen LogP contribution in [-0.4, -0.2) is 18.4 Å². The zero-order chi connectivity index (χ0) is 13.9. The van der Waals surface area contributed by atoms with Crippen LogP contribution in [0.3, 0.4) is 0 Å². The summed E-state index contributed by atoms with van der Waals surface area (Å²) < 4.78 is 0. The van der Waals surface area contributed by atoms with Crippen molar-refractivity contribution in [1.29, 1.82) is 0 Å². The maximum Gasteiger partial charge on any atom is 0.251 e. The van der Waals surface area contributed by atoms with E-state index in [-0.39, 0.29) is 5.91 Å². The van der Waals surface area contributed by atoms with Crippen molar-refractivity contribution < 1.29 is 9.59 Å². The average Bonchev–Trinajstić information content (AvgIpc) is 2.87. The lowest BCUT2D eigenvalue weighted by Gasteiger charge is -2.34. The zero-order valence-electron chi connectivity index (χ0n) is 10.8. The molecule has 0 aliphatic heterocycles. The van der Waals surface area contributed by atoms with Gasteiger partial charge in [-0.1, -0.05) is 19.3 Å². The first kappa shape index (κ1) is 14.0. The van der Waals surface area contributed by atoms with E-state index in [0.29, 0.717) is 17.1 Å². The van der Waals surface area contributed by atoms with Crippen LogP contribution >= 0.6 is 11.3 Å². The molecule has 1 saturated carbocycles. The molecule has 5 nitrogen and oxygen atoms in total. The largest absolute Gasteiger partial charge is 0.366 e. The van der Waals surface area contributed by atoms with E-state index in [9.17, 15) is 9.59 Å². The molecular weight excluding hydrogens is 262 g/mol. The van der Waals surface area contributed by atoms with Crippen molar-refractivity contribution in [3.63, 3.8) is 0 Å². The van der Waals surface area contributed by atoms with E-state index in [1.807, 2.05) is 0 Å². The van der Waals surface area contributed by atoms with E-state index in [1.54, 1.807) is 11.4 Å². The number of nitrogens with two attached hydrogens (primary N) is 2. The summed E-state index contributed by atoms with van der Waals surface area (Å²) in [5.74, 6) is -0.610. The number of rotatable bonds is 4. The molecule has 0 spiro atoms. The monoisotopic (exact) mass is 281 g/mol. The second kappa shape index (κ2) is 5.71. The third kappa shape index (κ3) is 2.79. The van der Waals surface area contributed by atoms with Crippen molar-refractivity contribution in [2.24, 2.45) is 16.9 Å². The molecule has 0 aromatic carbocycles. The van der Waals surface area contributed by atoms with Gasteiger partial charge in [-0.15, -0.1) is 11.3 Å². The second-order valence-electron chi connectivity index (χ2n) is 5.03. The van der Waals surface area contributed by atoms with Crippen molar-refractivity contribution in [3.8, 4) is 0 Å². The number of carbonyl (C=O) groups excluding carboxylic acids is 2. The van der Waals surface area contributed by atoms with E-state index in [0.717, 1.165) is 32.1 Å². The van der Waals surface area contributed by atoms with Crippen LogP contribution in [0.1, 0.15) is 42.5 Å². The topological polar surface area (TPSA) is 98.2 Å². The van der Waals surface area contributed by atoms with E-state index in [4.69, 9.17) is 11.5 Å². The van der Waals surface area contributed by atoms with Crippen molar-refractivity contribution in [2.45, 2.75) is 32.1 Å². The maximum atomic E-state index is 12.5. The molecule has 19 heavy (non-hydrogen) atoms. The van der Waals surface area contributed by atoms with Crippen LogP contribution in [0.25, 0.3) is 0 Å². The third-order valence-corrected chi connectivity index (χ3v) is 4.67. The fourth-order valence-corrected chi connectivity index (χ4v) is 3.38. The molecule has 0 atom stereocenters. The lowest BCUT2D eigenvalue weighted by molar-refractivity contribution is -0.126. The van der Waals surface area contributed by atoms with E-state index in [1.165, 1.54) is 11.3 Å². The highest BCUT2D eigenvalue weighted by atomic mass is 32.1. The number of amides is 2. The van der Waals surface area contributed by atoms with Gasteiger partial charge in [0.2, 0.25) is 5.91 Å². The summed E-state index contributed by atoms with van der Waals surface area (Å²) in [4.78, 5) is 23.7. The molecule has 104 valence electrons. The van der Waals surface area contributed by atoms with Crippen LogP contribution in [0.2, 0.25) is 0 Å². The zero-order valence-corrected chi connectivity index (χ0v) is 11.6. The molecule has 1 aromatic heterocycles. The molecular formula is C13H19N3O2S. The Kier molecular flexibility index (Phi) is 4.21. The Hall–Kier alpha value is -1.40. The Labute approximate surface area is 116 Å². The number of hydrogen-bond acceptors (Lipinski definition) is 4. The van der Waals surface area contributed by atoms with Crippen LogP contribution in [0.15, 0.2) is 11.4 Å². The molecule has 1 heterocycles. The molecule has 6 heteroatoms. The normalized spacial score (nSPS) is 17.9. The van der Waals surface area contributed by atoms with Crippen LogP contribution < -0.4 is 16.8 Å². The SMILES string of the molecule is NCC1(C(=O)Nc2sccc2C(N)=O)CCCCC1. The first-order valence-corrected chi connectivity index (χ1v) is 7.36. The van der Waals surface area contributed by atoms with Crippen molar-refractivity contribution in [1.82, 2.24) is 0 Å². The average molecular weight is 281 g/mol. The Bertz CT molecular complexity index is 478. The molecule has 1 fully saturated rings. The van der Waals surface area contributed by atoms with Gasteiger partial charge in [0.1, 0.15) is 5.00 Å². The molecule has 5 N–H and O–H groups in total. The standard InChI is InChI=1S/C13H19N3O2S/c14-8-13(5-2-1-3-6-13)12(18)16-11-9(10(15)17)4-7-19-11/h4,7H,1-3,5-6,8,14H2,(H2,15,17)(H,16,18). The second-order valence-corrected chi connectivity index (χ2v) is 5.94. The molecule has 0 radical (unpaired) electrons. The smallest absolute Gasteiger partial charge is 0.251 e. The minimum atomic E-state index is -0.526. The first-order valence-electron chi connectivity index (χ1n) is 6.48. The minimum absolute atomic E-state index is 0.0837. The van der Waals surface area contributed by atoms with Crippen LogP contribution in [0, 0.1) is 5.41 Å². The highest BCUT2D eigenvalue weighted by molar-refractivity contribution is 7.14. The van der Waals surface area contributed by atoms with Gasteiger partial charge in [-0.2, -0.15) is 0 Å². The number of primary amides is 1. The van der Waals surface area contributed by atoms with Gasteiger partial charge in [-0.25, -0.2) is 0 Å². The predicted octanol–water partition coefficient (Wildman–Crippen LogP) is 1.69. The molecule has 1 aliphatic rings. The Morgan fingerprint density at radius 2 is 2.00 bits per heavy atom. The molecule has 2 amide bonds. The highest BCUT2D eigenvalue weighted by Gasteiger charge is 2.38. The molecule has 0 saturated heterocycles. The molecule has 0 unspecified atom stereocenters. The predicted molar refractivity (Wildman–Crippen MR) is 76.0 cm³/mol. The van der Waals surface area contributed by atoms with Gasteiger partial charge in [-0.3, -0.25) is 9.59 Å². The summed E-state index contributed by atoms with van der Waals surface area (Å²) in [6, 6.07) is 1.62. The van der Waals surface area contributed by atoms with Gasteiger partial charge >= 0.3 is 0 Å².